The van der Waals surface area contributed by atoms with E-state index in [9.17, 15) is 13.2 Å². The maximum atomic E-state index is 12.7. The van der Waals surface area contributed by atoms with Crippen molar-refractivity contribution in [2.75, 3.05) is 31.5 Å². The molecule has 2 aromatic rings. The van der Waals surface area contributed by atoms with Gasteiger partial charge in [0.25, 0.3) is 0 Å². The second kappa shape index (κ2) is 9.01. The highest BCUT2D eigenvalue weighted by Gasteiger charge is 2.27. The number of aryl methyl sites for hydroxylation is 2. The van der Waals surface area contributed by atoms with Crippen LogP contribution in [0.15, 0.2) is 48.5 Å². The molecule has 2 aromatic carbocycles. The molecule has 2 rings (SSSR count). The zero-order valence-electron chi connectivity index (χ0n) is 16.3. The van der Waals surface area contributed by atoms with Gasteiger partial charge >= 0.3 is 10.2 Å². The summed E-state index contributed by atoms with van der Waals surface area (Å²) in [5.74, 6) is -0.340. The molecule has 0 saturated carbocycles. The summed E-state index contributed by atoms with van der Waals surface area (Å²) in [5, 5.41) is 2.80. The molecule has 0 aliphatic heterocycles. The van der Waals surface area contributed by atoms with Crippen LogP contribution < -0.4 is 9.62 Å². The normalized spacial score (nSPS) is 11.4. The first-order valence-corrected chi connectivity index (χ1v) is 10.2. The molecule has 27 heavy (non-hydrogen) atoms. The standard InChI is InChI=1S/C20H27N3O3S/c1-16-5-9-18(10-6-16)13-14-21-20(24)15-23(27(25,26)22(3)4)19-11-7-17(2)8-12-19/h5-12H,13-15H2,1-4H3,(H,21,24). The number of hydrogen-bond acceptors (Lipinski definition) is 3. The highest BCUT2D eigenvalue weighted by atomic mass is 32.2. The van der Waals surface area contributed by atoms with Crippen molar-refractivity contribution in [3.63, 3.8) is 0 Å². The van der Waals surface area contributed by atoms with Gasteiger partial charge in [-0.25, -0.2) is 4.31 Å². The lowest BCUT2D eigenvalue weighted by atomic mass is 10.1. The van der Waals surface area contributed by atoms with Gasteiger partial charge < -0.3 is 5.32 Å². The number of benzene rings is 2. The van der Waals surface area contributed by atoms with Gasteiger partial charge in [0, 0.05) is 20.6 Å². The first-order chi connectivity index (χ1) is 12.7. The molecule has 0 unspecified atom stereocenters. The Kier molecular flexibility index (Phi) is 6.98. The van der Waals surface area contributed by atoms with E-state index in [1.54, 1.807) is 12.1 Å². The van der Waals surface area contributed by atoms with E-state index in [1.165, 1.54) is 19.7 Å². The number of nitrogens with one attached hydrogen (secondary N) is 1. The zero-order chi connectivity index (χ0) is 20.0. The molecule has 0 aliphatic carbocycles. The van der Waals surface area contributed by atoms with Crippen molar-refractivity contribution >= 4 is 21.8 Å². The second-order valence-electron chi connectivity index (χ2n) is 6.72. The monoisotopic (exact) mass is 389 g/mol. The summed E-state index contributed by atoms with van der Waals surface area (Å²) in [5.41, 5.74) is 3.79. The first-order valence-electron chi connectivity index (χ1n) is 8.79. The van der Waals surface area contributed by atoms with Crippen LogP contribution in [0, 0.1) is 13.8 Å². The molecule has 1 N–H and O–H groups in total. The lowest BCUT2D eigenvalue weighted by molar-refractivity contribution is -0.119. The number of carbonyl (C=O) groups excluding carboxylic acids is 1. The molecule has 0 radical (unpaired) electrons. The molecule has 0 saturated heterocycles. The van der Waals surface area contributed by atoms with Crippen molar-refractivity contribution in [3.8, 4) is 0 Å². The minimum atomic E-state index is -3.78. The molecule has 0 aliphatic rings. The molecule has 7 heteroatoms. The van der Waals surface area contributed by atoms with E-state index in [1.807, 2.05) is 50.2 Å². The van der Waals surface area contributed by atoms with Gasteiger partial charge in [-0.2, -0.15) is 12.7 Å². The van der Waals surface area contributed by atoms with Crippen LogP contribution in [0.25, 0.3) is 0 Å². The van der Waals surface area contributed by atoms with E-state index in [2.05, 4.69) is 5.32 Å². The predicted molar refractivity (Wildman–Crippen MR) is 109 cm³/mol. The van der Waals surface area contributed by atoms with E-state index in [4.69, 9.17) is 0 Å². The van der Waals surface area contributed by atoms with Crippen LogP contribution in [-0.4, -0.2) is 45.8 Å². The van der Waals surface area contributed by atoms with E-state index in [0.717, 1.165) is 19.7 Å². The summed E-state index contributed by atoms with van der Waals surface area (Å²) in [6.45, 7) is 4.13. The number of anilines is 1. The number of nitrogens with zero attached hydrogens (tertiary/aromatic N) is 2. The van der Waals surface area contributed by atoms with Gasteiger partial charge in [0.15, 0.2) is 0 Å². The predicted octanol–water partition coefficient (Wildman–Crippen LogP) is 2.28. The van der Waals surface area contributed by atoms with Crippen molar-refractivity contribution in [2.24, 2.45) is 0 Å². The molecule has 0 spiro atoms. The first kappa shape index (κ1) is 20.9. The van der Waals surface area contributed by atoms with Gasteiger partial charge in [-0.1, -0.05) is 47.5 Å². The van der Waals surface area contributed by atoms with Gasteiger partial charge in [0.2, 0.25) is 5.91 Å². The molecule has 0 bridgehead atoms. The van der Waals surface area contributed by atoms with Crippen LogP contribution in [0.4, 0.5) is 5.69 Å². The van der Waals surface area contributed by atoms with Gasteiger partial charge in [0.05, 0.1) is 5.69 Å². The highest BCUT2D eigenvalue weighted by molar-refractivity contribution is 7.90. The Labute approximate surface area is 162 Å². The van der Waals surface area contributed by atoms with Crippen molar-refractivity contribution in [1.29, 1.82) is 0 Å². The van der Waals surface area contributed by atoms with Gasteiger partial charge in [-0.3, -0.25) is 4.79 Å². The van der Waals surface area contributed by atoms with Gasteiger partial charge in [-0.05, 0) is 38.0 Å². The molecular weight excluding hydrogens is 362 g/mol. The summed E-state index contributed by atoms with van der Waals surface area (Å²) >= 11 is 0. The van der Waals surface area contributed by atoms with Crippen molar-refractivity contribution in [1.82, 2.24) is 9.62 Å². The maximum absolute atomic E-state index is 12.7. The van der Waals surface area contributed by atoms with E-state index in [0.29, 0.717) is 18.7 Å². The quantitative estimate of drug-likeness (QED) is 0.753. The fourth-order valence-electron chi connectivity index (χ4n) is 2.50. The third-order valence-electron chi connectivity index (χ3n) is 4.21. The highest BCUT2D eigenvalue weighted by Crippen LogP contribution is 2.19. The Balaban J connectivity index is 2.04. The Bertz CT molecular complexity index is 860. The third kappa shape index (κ3) is 5.80. The minimum Gasteiger partial charge on any atom is -0.354 e. The number of rotatable bonds is 8. The molecule has 0 fully saturated rings. The fraction of sp³-hybridized carbons (Fsp3) is 0.350. The van der Waals surface area contributed by atoms with Crippen molar-refractivity contribution < 1.29 is 13.2 Å². The van der Waals surface area contributed by atoms with Gasteiger partial charge in [0.1, 0.15) is 6.54 Å². The topological polar surface area (TPSA) is 69.7 Å². The number of amides is 1. The molecule has 0 atom stereocenters. The van der Waals surface area contributed by atoms with E-state index >= 15 is 0 Å². The Morgan fingerprint density at radius 3 is 1.96 bits per heavy atom. The minimum absolute atomic E-state index is 0.266. The lowest BCUT2D eigenvalue weighted by Gasteiger charge is -2.27. The fourth-order valence-corrected chi connectivity index (χ4v) is 3.56. The van der Waals surface area contributed by atoms with Crippen LogP contribution in [0.3, 0.4) is 0 Å². The summed E-state index contributed by atoms with van der Waals surface area (Å²) < 4.78 is 27.5. The summed E-state index contributed by atoms with van der Waals surface area (Å²) in [6.07, 6.45) is 0.691. The summed E-state index contributed by atoms with van der Waals surface area (Å²) in [7, 11) is -0.876. The smallest absolute Gasteiger partial charge is 0.304 e. The largest absolute Gasteiger partial charge is 0.354 e. The van der Waals surface area contributed by atoms with Crippen LogP contribution in [0.2, 0.25) is 0 Å². The molecule has 6 nitrogen and oxygen atoms in total. The molecule has 1 amide bonds. The van der Waals surface area contributed by atoms with Crippen molar-refractivity contribution in [3.05, 3.63) is 65.2 Å². The van der Waals surface area contributed by atoms with E-state index < -0.39 is 10.2 Å². The lowest BCUT2D eigenvalue weighted by Crippen LogP contribution is -2.46. The summed E-state index contributed by atoms with van der Waals surface area (Å²) in [6, 6.07) is 15.2. The molecule has 0 heterocycles. The third-order valence-corrected chi connectivity index (χ3v) is 6.03. The number of carbonyl (C=O) groups is 1. The molecular formula is C20H27N3O3S. The van der Waals surface area contributed by atoms with Crippen LogP contribution in [0.5, 0.6) is 0 Å². The SMILES string of the molecule is Cc1ccc(CCNC(=O)CN(c2ccc(C)cc2)S(=O)(=O)N(C)C)cc1. The van der Waals surface area contributed by atoms with Crippen LogP contribution >= 0.6 is 0 Å². The Hall–Kier alpha value is -2.38. The Morgan fingerprint density at radius 1 is 0.926 bits per heavy atom. The zero-order valence-corrected chi connectivity index (χ0v) is 17.1. The van der Waals surface area contributed by atoms with Crippen LogP contribution in [-0.2, 0) is 21.4 Å². The molecule has 146 valence electrons. The van der Waals surface area contributed by atoms with E-state index in [-0.39, 0.29) is 12.5 Å². The van der Waals surface area contributed by atoms with Crippen LogP contribution in [0.1, 0.15) is 16.7 Å². The van der Waals surface area contributed by atoms with Gasteiger partial charge in [-0.15, -0.1) is 0 Å². The summed E-state index contributed by atoms with van der Waals surface area (Å²) in [4.78, 5) is 12.4. The number of hydrogen-bond donors (Lipinski definition) is 1. The maximum Gasteiger partial charge on any atom is 0.304 e. The Morgan fingerprint density at radius 2 is 1.44 bits per heavy atom. The average Bonchev–Trinajstić information content (AvgIpc) is 2.62. The second-order valence-corrected chi connectivity index (χ2v) is 8.78. The molecule has 0 aromatic heterocycles. The van der Waals surface area contributed by atoms with Crippen molar-refractivity contribution in [2.45, 2.75) is 20.3 Å². The average molecular weight is 390 g/mol.